The lowest BCUT2D eigenvalue weighted by atomic mass is 10.1. The van der Waals surface area contributed by atoms with Crippen LogP contribution in [0.1, 0.15) is 5.56 Å². The SMILES string of the molecule is COC(=O)Cc1cc(N)c(F)c([N+](=O)[O-])c1. The Bertz CT molecular complexity index is 447. The summed E-state index contributed by atoms with van der Waals surface area (Å²) < 4.78 is 17.6. The second kappa shape index (κ2) is 4.56. The van der Waals surface area contributed by atoms with E-state index in [0.29, 0.717) is 0 Å². The molecule has 7 heteroatoms. The van der Waals surface area contributed by atoms with Gasteiger partial charge >= 0.3 is 11.7 Å². The van der Waals surface area contributed by atoms with Crippen LogP contribution in [-0.4, -0.2) is 18.0 Å². The van der Waals surface area contributed by atoms with E-state index in [-0.39, 0.29) is 17.7 Å². The topological polar surface area (TPSA) is 95.5 Å². The Balaban J connectivity index is 3.14. The molecular weight excluding hydrogens is 219 g/mol. The molecule has 0 atom stereocenters. The van der Waals surface area contributed by atoms with Gasteiger partial charge in [-0.2, -0.15) is 4.39 Å². The van der Waals surface area contributed by atoms with Crippen molar-refractivity contribution in [3.8, 4) is 0 Å². The van der Waals surface area contributed by atoms with Gasteiger partial charge in [-0.15, -0.1) is 0 Å². The third-order valence-corrected chi connectivity index (χ3v) is 1.91. The zero-order valence-electron chi connectivity index (χ0n) is 8.40. The number of nitro benzene ring substituents is 1. The summed E-state index contributed by atoms with van der Waals surface area (Å²) in [5.41, 5.74) is 4.36. The summed E-state index contributed by atoms with van der Waals surface area (Å²) in [6.45, 7) is 0. The van der Waals surface area contributed by atoms with Gasteiger partial charge in [0, 0.05) is 6.07 Å². The molecule has 0 saturated carbocycles. The van der Waals surface area contributed by atoms with E-state index < -0.39 is 22.4 Å². The molecule has 86 valence electrons. The summed E-state index contributed by atoms with van der Waals surface area (Å²) in [4.78, 5) is 20.5. The molecule has 1 aromatic carbocycles. The minimum Gasteiger partial charge on any atom is -0.469 e. The molecule has 0 aliphatic carbocycles. The number of benzene rings is 1. The van der Waals surface area contributed by atoms with Crippen LogP contribution in [0.2, 0.25) is 0 Å². The number of nitrogens with two attached hydrogens (primary N) is 1. The number of rotatable bonds is 3. The van der Waals surface area contributed by atoms with E-state index in [0.717, 1.165) is 6.07 Å². The highest BCUT2D eigenvalue weighted by Gasteiger charge is 2.19. The number of methoxy groups -OCH3 is 1. The first-order chi connectivity index (χ1) is 7.45. The lowest BCUT2D eigenvalue weighted by Crippen LogP contribution is -2.07. The molecule has 0 saturated heterocycles. The number of nitrogens with zero attached hydrogens (tertiary/aromatic N) is 1. The zero-order chi connectivity index (χ0) is 12.3. The van der Waals surface area contributed by atoms with Crippen LogP contribution in [0, 0.1) is 15.9 Å². The number of carbonyl (C=O) groups excluding carboxylic acids is 1. The fourth-order valence-electron chi connectivity index (χ4n) is 1.17. The first kappa shape index (κ1) is 11.9. The van der Waals surface area contributed by atoms with E-state index in [1.165, 1.54) is 13.2 Å². The van der Waals surface area contributed by atoms with Crippen LogP contribution in [0.3, 0.4) is 0 Å². The Morgan fingerprint density at radius 2 is 2.25 bits per heavy atom. The molecule has 0 bridgehead atoms. The van der Waals surface area contributed by atoms with Crippen LogP contribution in [0.15, 0.2) is 12.1 Å². The van der Waals surface area contributed by atoms with Crippen molar-refractivity contribution >= 4 is 17.3 Å². The van der Waals surface area contributed by atoms with Gasteiger partial charge in [0.15, 0.2) is 0 Å². The summed E-state index contributed by atoms with van der Waals surface area (Å²) in [6, 6.07) is 2.13. The summed E-state index contributed by atoms with van der Waals surface area (Å²) in [5, 5.41) is 10.5. The molecule has 0 radical (unpaired) electrons. The lowest BCUT2D eigenvalue weighted by Gasteiger charge is -2.03. The molecule has 0 fully saturated rings. The molecule has 1 rings (SSSR count). The van der Waals surface area contributed by atoms with Crippen molar-refractivity contribution in [2.24, 2.45) is 0 Å². The quantitative estimate of drug-likeness (QED) is 0.361. The number of nitro groups is 1. The highest BCUT2D eigenvalue weighted by molar-refractivity contribution is 5.73. The number of carbonyl (C=O) groups is 1. The molecule has 0 spiro atoms. The number of ether oxygens (including phenoxy) is 1. The van der Waals surface area contributed by atoms with Crippen molar-refractivity contribution in [2.45, 2.75) is 6.42 Å². The van der Waals surface area contributed by atoms with Crippen LogP contribution in [0.4, 0.5) is 15.8 Å². The number of esters is 1. The lowest BCUT2D eigenvalue weighted by molar-refractivity contribution is -0.387. The van der Waals surface area contributed by atoms with Gasteiger partial charge in [0.2, 0.25) is 5.82 Å². The third-order valence-electron chi connectivity index (χ3n) is 1.91. The van der Waals surface area contributed by atoms with Crippen LogP contribution in [0.25, 0.3) is 0 Å². The number of hydrogen-bond acceptors (Lipinski definition) is 5. The molecule has 2 N–H and O–H groups in total. The van der Waals surface area contributed by atoms with Gasteiger partial charge in [0.1, 0.15) is 0 Å². The van der Waals surface area contributed by atoms with E-state index in [2.05, 4.69) is 4.74 Å². The molecule has 0 aliphatic heterocycles. The summed E-state index contributed by atoms with van der Waals surface area (Å²) in [5.74, 6) is -1.68. The van der Waals surface area contributed by atoms with E-state index >= 15 is 0 Å². The van der Waals surface area contributed by atoms with E-state index in [9.17, 15) is 19.3 Å². The Hall–Kier alpha value is -2.18. The fraction of sp³-hybridized carbons (Fsp3) is 0.222. The predicted molar refractivity (Wildman–Crippen MR) is 53.2 cm³/mol. The summed E-state index contributed by atoms with van der Waals surface area (Å²) in [7, 11) is 1.18. The molecule has 1 aromatic rings. The smallest absolute Gasteiger partial charge is 0.309 e. The maximum atomic E-state index is 13.2. The Labute approximate surface area is 90.0 Å². The molecule has 0 amide bonds. The van der Waals surface area contributed by atoms with Gasteiger partial charge in [-0.1, -0.05) is 0 Å². The van der Waals surface area contributed by atoms with E-state index in [1.54, 1.807) is 0 Å². The number of anilines is 1. The minimum atomic E-state index is -1.10. The average Bonchev–Trinajstić information content (AvgIpc) is 2.22. The van der Waals surface area contributed by atoms with Crippen LogP contribution >= 0.6 is 0 Å². The second-order valence-corrected chi connectivity index (χ2v) is 3.03. The van der Waals surface area contributed by atoms with Gasteiger partial charge in [0.05, 0.1) is 24.1 Å². The molecule has 16 heavy (non-hydrogen) atoms. The maximum absolute atomic E-state index is 13.2. The predicted octanol–water partition coefficient (Wildman–Crippen LogP) is 1.03. The van der Waals surface area contributed by atoms with Crippen molar-refractivity contribution in [3.63, 3.8) is 0 Å². The van der Waals surface area contributed by atoms with E-state index in [1.807, 2.05) is 0 Å². The number of nitrogen functional groups attached to an aromatic ring is 1. The first-order valence-corrected chi connectivity index (χ1v) is 4.24. The van der Waals surface area contributed by atoms with Crippen molar-refractivity contribution in [3.05, 3.63) is 33.6 Å². The van der Waals surface area contributed by atoms with Crippen LogP contribution in [0.5, 0.6) is 0 Å². The van der Waals surface area contributed by atoms with Gasteiger partial charge < -0.3 is 10.5 Å². The summed E-state index contributed by atoms with van der Waals surface area (Å²) in [6.07, 6.45) is -0.193. The van der Waals surface area contributed by atoms with Crippen LogP contribution < -0.4 is 5.73 Å². The molecular formula is C9H9FN2O4. The van der Waals surface area contributed by atoms with Crippen molar-refractivity contribution in [2.75, 3.05) is 12.8 Å². The fourth-order valence-corrected chi connectivity index (χ4v) is 1.17. The minimum absolute atomic E-state index is 0.193. The number of halogens is 1. The van der Waals surface area contributed by atoms with Crippen molar-refractivity contribution in [1.82, 2.24) is 0 Å². The maximum Gasteiger partial charge on any atom is 0.309 e. The third kappa shape index (κ3) is 2.44. The Morgan fingerprint density at radius 3 is 2.75 bits per heavy atom. The molecule has 0 unspecified atom stereocenters. The summed E-state index contributed by atoms with van der Waals surface area (Å²) >= 11 is 0. The molecule has 0 aliphatic rings. The second-order valence-electron chi connectivity index (χ2n) is 3.03. The van der Waals surface area contributed by atoms with Gasteiger partial charge in [-0.05, 0) is 11.6 Å². The zero-order valence-corrected chi connectivity index (χ0v) is 8.40. The Kier molecular flexibility index (Phi) is 3.39. The monoisotopic (exact) mass is 228 g/mol. The van der Waals surface area contributed by atoms with Gasteiger partial charge in [-0.25, -0.2) is 0 Å². The molecule has 6 nitrogen and oxygen atoms in total. The molecule has 0 aromatic heterocycles. The van der Waals surface area contributed by atoms with Crippen molar-refractivity contribution < 1.29 is 18.8 Å². The standard InChI is InChI=1S/C9H9FN2O4/c1-16-8(13)4-5-2-6(11)9(10)7(3-5)12(14)15/h2-3H,4,11H2,1H3. The average molecular weight is 228 g/mol. The largest absolute Gasteiger partial charge is 0.469 e. The Morgan fingerprint density at radius 1 is 1.62 bits per heavy atom. The normalized spacial score (nSPS) is 9.88. The first-order valence-electron chi connectivity index (χ1n) is 4.24. The highest BCUT2D eigenvalue weighted by Crippen LogP contribution is 2.24. The highest BCUT2D eigenvalue weighted by atomic mass is 19.1. The van der Waals surface area contributed by atoms with Crippen LogP contribution in [-0.2, 0) is 16.0 Å². The number of hydrogen-bond donors (Lipinski definition) is 1. The van der Waals surface area contributed by atoms with Gasteiger partial charge in [0.25, 0.3) is 0 Å². The van der Waals surface area contributed by atoms with Gasteiger partial charge in [-0.3, -0.25) is 14.9 Å². The molecule has 0 heterocycles. The van der Waals surface area contributed by atoms with Crippen molar-refractivity contribution in [1.29, 1.82) is 0 Å². The van der Waals surface area contributed by atoms with E-state index in [4.69, 9.17) is 5.73 Å².